The second kappa shape index (κ2) is 14.5. The van der Waals surface area contributed by atoms with Crippen LogP contribution in [0.4, 0.5) is 19.1 Å². The number of carbonyl (C=O) groups excluding carboxylic acids is 1. The Morgan fingerprint density at radius 3 is 1.71 bits per heavy atom. The van der Waals surface area contributed by atoms with Crippen molar-refractivity contribution in [3.05, 3.63) is 5.15 Å². The maximum atomic E-state index is 13.3. The van der Waals surface area contributed by atoms with Crippen molar-refractivity contribution in [2.75, 3.05) is 11.9 Å². The van der Waals surface area contributed by atoms with Crippen LogP contribution in [-0.4, -0.2) is 87.1 Å². The third kappa shape index (κ3) is 9.97. The standard InChI is InChI=1S/C34H61ClF3N5O6Si3/c1-30(2,3)42-28-39-21-24(35)40-29(47-27(44)34(36,37)38)41-25(21)43(28)26-23(49-52(17,18)33(10,11)12)22(48-51(15,16)32(7,8)9)20(46-26)19-45-50(13,14)31(4,5)6/h20,22-23,26H,19H2,1-18H3,(H,39,42)/t20-,22-,23-,26-/m1/s1. The molecule has 0 aliphatic carbocycles. The van der Waals surface area contributed by atoms with Crippen molar-refractivity contribution in [2.24, 2.45) is 0 Å². The first-order valence-corrected chi connectivity index (χ1v) is 26.8. The zero-order chi connectivity index (χ0) is 40.4. The third-order valence-electron chi connectivity index (χ3n) is 10.8. The molecule has 1 N–H and O–H groups in total. The molecule has 1 fully saturated rings. The highest BCUT2D eigenvalue weighted by Gasteiger charge is 2.56. The fourth-order valence-corrected chi connectivity index (χ4v) is 8.45. The van der Waals surface area contributed by atoms with Crippen LogP contribution in [0.1, 0.15) is 89.3 Å². The SMILES string of the molecule is CC(C)(C)Nc1nc2c(Cl)nc(OC(=O)C(F)(F)F)nc2n1[C@@H]1O[C@H](CO[Si](C)(C)C(C)(C)C)[C@@H](O[Si](C)(C)C(C)(C)C)[C@H]1O[Si](C)(C)C(C)(C)C. The smallest absolute Gasteiger partial charge is 0.414 e. The van der Waals surface area contributed by atoms with E-state index < -0.39 is 73.2 Å². The molecule has 0 amide bonds. The van der Waals surface area contributed by atoms with Crippen molar-refractivity contribution in [1.29, 1.82) is 0 Å². The third-order valence-corrected chi connectivity index (χ3v) is 24.5. The minimum atomic E-state index is -5.29. The molecular formula is C34H61ClF3N5O6Si3. The number of esters is 1. The molecule has 3 rings (SSSR count). The Bertz CT molecular complexity index is 1610. The second-order valence-corrected chi connectivity index (χ2v) is 34.0. The molecule has 0 radical (unpaired) electrons. The van der Waals surface area contributed by atoms with Gasteiger partial charge in [-0.05, 0) is 75.2 Å². The molecule has 4 atom stereocenters. The molecule has 1 aliphatic heterocycles. The van der Waals surface area contributed by atoms with Crippen LogP contribution < -0.4 is 10.1 Å². The quantitative estimate of drug-likeness (QED) is 0.141. The lowest BCUT2D eigenvalue weighted by Crippen LogP contribution is -2.54. The van der Waals surface area contributed by atoms with E-state index in [1.807, 2.05) is 20.8 Å². The second-order valence-electron chi connectivity index (χ2n) is 19.4. The van der Waals surface area contributed by atoms with Crippen LogP contribution >= 0.6 is 11.6 Å². The summed E-state index contributed by atoms with van der Waals surface area (Å²) in [5, 5.41) is 2.60. The van der Waals surface area contributed by atoms with Crippen LogP contribution in [-0.2, 0) is 22.8 Å². The number of imidazole rings is 1. The van der Waals surface area contributed by atoms with Crippen molar-refractivity contribution < 1.29 is 40.7 Å². The van der Waals surface area contributed by atoms with E-state index in [1.165, 1.54) is 0 Å². The van der Waals surface area contributed by atoms with Crippen molar-refractivity contribution >= 4 is 59.6 Å². The molecule has 1 aliphatic rings. The summed E-state index contributed by atoms with van der Waals surface area (Å²) < 4.78 is 74.3. The first kappa shape index (κ1) is 44.8. The zero-order valence-electron chi connectivity index (χ0n) is 34.3. The van der Waals surface area contributed by atoms with E-state index in [9.17, 15) is 18.0 Å². The Hall–Kier alpha value is -1.61. The van der Waals surface area contributed by atoms with Gasteiger partial charge in [-0.2, -0.15) is 23.1 Å². The summed E-state index contributed by atoms with van der Waals surface area (Å²) in [6.07, 6.45) is -8.26. The maximum absolute atomic E-state index is 13.3. The van der Waals surface area contributed by atoms with E-state index in [0.717, 1.165) is 0 Å². The number of carbonyl (C=O) groups is 1. The van der Waals surface area contributed by atoms with Crippen molar-refractivity contribution in [1.82, 2.24) is 19.5 Å². The largest absolute Gasteiger partial charge is 0.491 e. The van der Waals surface area contributed by atoms with Crippen LogP contribution in [0.5, 0.6) is 6.01 Å². The molecule has 2 aromatic rings. The van der Waals surface area contributed by atoms with Gasteiger partial charge in [-0.15, -0.1) is 0 Å². The number of hydrogen-bond acceptors (Lipinski definition) is 10. The van der Waals surface area contributed by atoms with Crippen LogP contribution in [0.3, 0.4) is 0 Å². The number of nitrogens with one attached hydrogen (secondary N) is 1. The lowest BCUT2D eigenvalue weighted by atomic mass is 10.1. The maximum Gasteiger partial charge on any atom is 0.491 e. The Morgan fingerprint density at radius 2 is 1.27 bits per heavy atom. The summed E-state index contributed by atoms with van der Waals surface area (Å²) in [6.45, 7) is 38.4. The topological polar surface area (TPSA) is 119 Å². The summed E-state index contributed by atoms with van der Waals surface area (Å²) in [5.74, 6) is -2.23. The molecule has 18 heteroatoms. The minimum absolute atomic E-state index is 0.0115. The Labute approximate surface area is 315 Å². The van der Waals surface area contributed by atoms with Crippen molar-refractivity contribution in [3.8, 4) is 6.01 Å². The summed E-state index contributed by atoms with van der Waals surface area (Å²) in [4.78, 5) is 24.7. The predicted molar refractivity (Wildman–Crippen MR) is 207 cm³/mol. The van der Waals surface area contributed by atoms with Crippen LogP contribution in [0.15, 0.2) is 0 Å². The van der Waals surface area contributed by atoms with E-state index >= 15 is 0 Å². The van der Waals surface area contributed by atoms with Gasteiger partial charge in [0.05, 0.1) is 6.61 Å². The van der Waals surface area contributed by atoms with Gasteiger partial charge in [-0.3, -0.25) is 4.57 Å². The van der Waals surface area contributed by atoms with Gasteiger partial charge in [-0.25, -0.2) is 9.78 Å². The molecule has 0 bridgehead atoms. The lowest BCUT2D eigenvalue weighted by Gasteiger charge is -2.44. The predicted octanol–water partition coefficient (Wildman–Crippen LogP) is 9.86. The number of fused-ring (bicyclic) bond motifs is 1. The Balaban J connectivity index is 2.40. The van der Waals surface area contributed by atoms with Gasteiger partial charge in [0.15, 0.2) is 42.0 Å². The molecule has 2 aromatic heterocycles. The van der Waals surface area contributed by atoms with E-state index in [2.05, 4.69) is 122 Å². The molecule has 0 spiro atoms. The van der Waals surface area contributed by atoms with E-state index in [4.69, 9.17) is 34.6 Å². The molecular weight excluding hydrogens is 751 g/mol. The highest BCUT2D eigenvalue weighted by atomic mass is 35.5. The van der Waals surface area contributed by atoms with Gasteiger partial charge in [0, 0.05) is 5.54 Å². The Kier molecular flexibility index (Phi) is 12.5. The number of aromatic nitrogens is 4. The van der Waals surface area contributed by atoms with Gasteiger partial charge in [0.2, 0.25) is 5.95 Å². The molecule has 1 saturated heterocycles. The van der Waals surface area contributed by atoms with Crippen LogP contribution in [0, 0.1) is 0 Å². The average molecular weight is 813 g/mol. The van der Waals surface area contributed by atoms with Crippen LogP contribution in [0.2, 0.25) is 59.5 Å². The number of anilines is 1. The summed E-state index contributed by atoms with van der Waals surface area (Å²) >= 11 is 6.54. The number of nitrogens with zero attached hydrogens (tertiary/aromatic N) is 4. The summed E-state index contributed by atoms with van der Waals surface area (Å²) in [5.41, 5.74) is -0.499. The molecule has 52 heavy (non-hydrogen) atoms. The van der Waals surface area contributed by atoms with Gasteiger partial charge in [0.1, 0.15) is 23.8 Å². The normalized spacial score (nSPS) is 21.6. The first-order valence-electron chi connectivity index (χ1n) is 17.7. The fourth-order valence-electron chi connectivity index (χ4n) is 4.63. The first-order chi connectivity index (χ1) is 23.0. The summed E-state index contributed by atoms with van der Waals surface area (Å²) in [6, 6.07) is -0.880. The fraction of sp³-hybridized carbons (Fsp3) is 0.824. The highest BCUT2D eigenvalue weighted by Crippen LogP contribution is 2.48. The molecule has 0 unspecified atom stereocenters. The van der Waals surface area contributed by atoms with Crippen molar-refractivity contribution in [3.63, 3.8) is 0 Å². The van der Waals surface area contributed by atoms with Crippen molar-refractivity contribution in [2.45, 2.75) is 174 Å². The number of halogens is 4. The monoisotopic (exact) mass is 811 g/mol. The molecule has 0 aromatic carbocycles. The minimum Gasteiger partial charge on any atom is -0.414 e. The Morgan fingerprint density at radius 1 is 0.788 bits per heavy atom. The number of ether oxygens (including phenoxy) is 2. The highest BCUT2D eigenvalue weighted by molar-refractivity contribution is 6.75. The molecule has 298 valence electrons. The van der Waals surface area contributed by atoms with E-state index in [-0.39, 0.29) is 44.0 Å². The van der Waals surface area contributed by atoms with Gasteiger partial charge in [-0.1, -0.05) is 73.9 Å². The molecule has 0 saturated carbocycles. The zero-order valence-corrected chi connectivity index (χ0v) is 38.0. The molecule has 3 heterocycles. The van der Waals surface area contributed by atoms with E-state index in [1.54, 1.807) is 4.57 Å². The summed E-state index contributed by atoms with van der Waals surface area (Å²) in [7, 11) is -7.37. The molecule has 11 nitrogen and oxygen atoms in total. The van der Waals surface area contributed by atoms with Gasteiger partial charge < -0.3 is 28.1 Å². The average Bonchev–Trinajstić information content (AvgIpc) is 3.40. The van der Waals surface area contributed by atoms with Gasteiger partial charge in [0.25, 0.3) is 0 Å². The number of rotatable bonds is 10. The van der Waals surface area contributed by atoms with E-state index in [0.29, 0.717) is 0 Å². The van der Waals surface area contributed by atoms with Gasteiger partial charge >= 0.3 is 18.2 Å². The number of alkyl halides is 3. The van der Waals surface area contributed by atoms with Crippen LogP contribution in [0.25, 0.3) is 11.2 Å². The number of hydrogen-bond donors (Lipinski definition) is 1. The lowest BCUT2D eigenvalue weighted by molar-refractivity contribution is -0.190.